The molecule has 2 saturated heterocycles. The average Bonchev–Trinajstić information content (AvgIpc) is 3.02. The zero-order valence-electron chi connectivity index (χ0n) is 15.2. The van der Waals surface area contributed by atoms with Crippen LogP contribution in [0.25, 0.3) is 11.3 Å². The van der Waals surface area contributed by atoms with Gasteiger partial charge >= 0.3 is 0 Å². The molecule has 4 rings (SSSR count). The molecule has 0 amide bonds. The van der Waals surface area contributed by atoms with E-state index in [1.807, 2.05) is 19.1 Å². The Balaban J connectivity index is 0.00000121. The number of hydrogen-bond acceptors (Lipinski definition) is 4. The van der Waals surface area contributed by atoms with E-state index in [9.17, 15) is 0 Å². The highest BCUT2D eigenvalue weighted by Crippen LogP contribution is 2.29. The van der Waals surface area contributed by atoms with Crippen LogP contribution in [0.15, 0.2) is 40.8 Å². The fourth-order valence-corrected chi connectivity index (χ4v) is 3.91. The minimum atomic E-state index is 0. The summed E-state index contributed by atoms with van der Waals surface area (Å²) in [6.45, 7) is 8.00. The molecular formula is C20H28Cl2N2O2. The van der Waals surface area contributed by atoms with Crippen molar-refractivity contribution in [1.29, 1.82) is 0 Å². The van der Waals surface area contributed by atoms with Crippen molar-refractivity contribution in [2.45, 2.75) is 31.9 Å². The van der Waals surface area contributed by atoms with Gasteiger partial charge in [0.1, 0.15) is 11.5 Å². The van der Waals surface area contributed by atoms with Crippen molar-refractivity contribution in [1.82, 2.24) is 10.2 Å². The lowest BCUT2D eigenvalue weighted by Crippen LogP contribution is -2.55. The summed E-state index contributed by atoms with van der Waals surface area (Å²) in [5.41, 5.74) is 2.57. The molecule has 2 aliphatic heterocycles. The molecule has 4 nitrogen and oxygen atoms in total. The van der Waals surface area contributed by atoms with E-state index in [4.69, 9.17) is 9.15 Å². The Morgan fingerprint density at radius 2 is 1.92 bits per heavy atom. The van der Waals surface area contributed by atoms with Crippen LogP contribution in [-0.2, 0) is 11.3 Å². The van der Waals surface area contributed by atoms with E-state index in [0.717, 1.165) is 69.3 Å². The molecule has 0 bridgehead atoms. The number of rotatable bonds is 3. The van der Waals surface area contributed by atoms with E-state index >= 15 is 0 Å². The summed E-state index contributed by atoms with van der Waals surface area (Å²) in [5, 5.41) is 3.44. The van der Waals surface area contributed by atoms with Gasteiger partial charge in [-0.25, -0.2) is 0 Å². The predicted molar refractivity (Wildman–Crippen MR) is 109 cm³/mol. The van der Waals surface area contributed by atoms with Crippen LogP contribution in [0.2, 0.25) is 0 Å². The summed E-state index contributed by atoms with van der Waals surface area (Å²) in [6.07, 6.45) is 2.24. The zero-order chi connectivity index (χ0) is 16.4. The average molecular weight is 399 g/mol. The number of hydrogen-bond donors (Lipinski definition) is 1. The normalized spacial score (nSPS) is 19.6. The Bertz CT molecular complexity index is 693. The Kier molecular flexibility index (Phi) is 7.56. The quantitative estimate of drug-likeness (QED) is 0.845. The Hall–Kier alpha value is -1.04. The van der Waals surface area contributed by atoms with Crippen LogP contribution in [0.3, 0.4) is 0 Å². The second kappa shape index (κ2) is 9.25. The van der Waals surface area contributed by atoms with Gasteiger partial charge in [0, 0.05) is 25.2 Å². The van der Waals surface area contributed by atoms with Crippen molar-refractivity contribution < 1.29 is 9.15 Å². The maximum atomic E-state index is 6.17. The molecule has 3 heterocycles. The number of ether oxygens (including phenoxy) is 1. The highest BCUT2D eigenvalue weighted by atomic mass is 35.5. The van der Waals surface area contributed by atoms with Gasteiger partial charge in [0.15, 0.2) is 0 Å². The van der Waals surface area contributed by atoms with E-state index in [-0.39, 0.29) is 30.4 Å². The van der Waals surface area contributed by atoms with E-state index in [1.54, 1.807) is 0 Å². The number of aryl methyl sites for hydroxylation is 1. The third kappa shape index (κ3) is 4.81. The lowest BCUT2D eigenvalue weighted by molar-refractivity contribution is -0.125. The molecule has 1 spiro atoms. The molecule has 0 saturated carbocycles. The van der Waals surface area contributed by atoms with Crippen LogP contribution in [-0.4, -0.2) is 43.3 Å². The van der Waals surface area contributed by atoms with E-state index in [0.29, 0.717) is 0 Å². The largest absolute Gasteiger partial charge is 0.461 e. The maximum absolute atomic E-state index is 6.17. The van der Waals surface area contributed by atoms with Crippen molar-refractivity contribution in [2.75, 3.05) is 32.8 Å². The molecule has 2 fully saturated rings. The van der Waals surface area contributed by atoms with E-state index in [1.165, 1.54) is 5.56 Å². The molecule has 0 radical (unpaired) electrons. The molecule has 1 aromatic carbocycles. The second-order valence-electron chi connectivity index (χ2n) is 7.10. The van der Waals surface area contributed by atoms with Crippen molar-refractivity contribution in [2.24, 2.45) is 0 Å². The van der Waals surface area contributed by atoms with Gasteiger partial charge in [0.05, 0.1) is 12.2 Å². The van der Waals surface area contributed by atoms with Crippen molar-refractivity contribution in [3.63, 3.8) is 0 Å². The summed E-state index contributed by atoms with van der Waals surface area (Å²) in [6, 6.07) is 12.8. The van der Waals surface area contributed by atoms with Crippen LogP contribution in [0, 0.1) is 6.92 Å². The van der Waals surface area contributed by atoms with Crippen LogP contribution < -0.4 is 5.32 Å². The van der Waals surface area contributed by atoms with E-state index < -0.39 is 0 Å². The molecule has 144 valence electrons. The number of piperidine rings is 1. The molecule has 6 heteroatoms. The molecule has 0 atom stereocenters. The summed E-state index contributed by atoms with van der Waals surface area (Å²) in [7, 11) is 0. The molecule has 2 aromatic rings. The van der Waals surface area contributed by atoms with Crippen LogP contribution in [0.4, 0.5) is 0 Å². The third-order valence-electron chi connectivity index (χ3n) is 5.20. The Labute approximate surface area is 168 Å². The lowest BCUT2D eigenvalue weighted by Gasteiger charge is -2.45. The number of benzene rings is 1. The SMILES string of the molecule is Cc1ccc(-c2cccc(CN3CCOC4(CCNCC4)C3)c2)o1.Cl.Cl. The van der Waals surface area contributed by atoms with Gasteiger partial charge in [-0.2, -0.15) is 0 Å². The number of halogens is 2. The van der Waals surface area contributed by atoms with Gasteiger partial charge in [-0.3, -0.25) is 4.90 Å². The molecule has 1 N–H and O–H groups in total. The number of furan rings is 1. The predicted octanol–water partition coefficient (Wildman–Crippen LogP) is 4.05. The number of morpholine rings is 1. The fourth-order valence-electron chi connectivity index (χ4n) is 3.91. The first-order valence-corrected chi connectivity index (χ1v) is 8.95. The van der Waals surface area contributed by atoms with Gasteiger partial charge in [-0.1, -0.05) is 18.2 Å². The summed E-state index contributed by atoms with van der Waals surface area (Å²) < 4.78 is 11.9. The zero-order valence-corrected chi connectivity index (χ0v) is 16.8. The number of nitrogens with zero attached hydrogens (tertiary/aromatic N) is 1. The van der Waals surface area contributed by atoms with Crippen molar-refractivity contribution in [3.05, 3.63) is 47.7 Å². The summed E-state index contributed by atoms with van der Waals surface area (Å²) in [5.74, 6) is 1.91. The van der Waals surface area contributed by atoms with Gasteiger partial charge in [-0.05, 0) is 56.6 Å². The van der Waals surface area contributed by atoms with Gasteiger partial charge < -0.3 is 14.5 Å². The standard InChI is InChI=1S/C20H26N2O2.2ClH/c1-16-5-6-19(24-16)18-4-2-3-17(13-18)14-22-11-12-23-20(15-22)7-9-21-10-8-20;;/h2-6,13,21H,7-12,14-15H2,1H3;2*1H. The fraction of sp³-hybridized carbons (Fsp3) is 0.500. The van der Waals surface area contributed by atoms with Crippen LogP contribution in [0.5, 0.6) is 0 Å². The molecule has 26 heavy (non-hydrogen) atoms. The molecule has 0 unspecified atom stereocenters. The summed E-state index contributed by atoms with van der Waals surface area (Å²) in [4.78, 5) is 2.54. The summed E-state index contributed by atoms with van der Waals surface area (Å²) >= 11 is 0. The van der Waals surface area contributed by atoms with Crippen LogP contribution >= 0.6 is 24.8 Å². The molecule has 2 aliphatic rings. The van der Waals surface area contributed by atoms with E-state index in [2.05, 4.69) is 34.5 Å². The lowest BCUT2D eigenvalue weighted by atomic mass is 9.90. The minimum absolute atomic E-state index is 0. The first-order valence-electron chi connectivity index (χ1n) is 8.95. The van der Waals surface area contributed by atoms with Crippen molar-refractivity contribution in [3.8, 4) is 11.3 Å². The monoisotopic (exact) mass is 398 g/mol. The highest BCUT2D eigenvalue weighted by molar-refractivity contribution is 5.85. The molecular weight excluding hydrogens is 371 g/mol. The topological polar surface area (TPSA) is 37.6 Å². The Morgan fingerprint density at radius 3 is 2.65 bits per heavy atom. The third-order valence-corrected chi connectivity index (χ3v) is 5.20. The smallest absolute Gasteiger partial charge is 0.134 e. The molecule has 0 aliphatic carbocycles. The van der Waals surface area contributed by atoms with Crippen LogP contribution in [0.1, 0.15) is 24.2 Å². The first-order chi connectivity index (χ1) is 11.7. The molecule has 1 aromatic heterocycles. The maximum Gasteiger partial charge on any atom is 0.134 e. The van der Waals surface area contributed by atoms with Gasteiger partial charge in [0.25, 0.3) is 0 Å². The highest BCUT2D eigenvalue weighted by Gasteiger charge is 2.37. The minimum Gasteiger partial charge on any atom is -0.461 e. The van der Waals surface area contributed by atoms with Gasteiger partial charge in [0.2, 0.25) is 0 Å². The first kappa shape index (κ1) is 21.3. The number of nitrogens with one attached hydrogen (secondary N) is 1. The second-order valence-corrected chi connectivity index (χ2v) is 7.10. The Morgan fingerprint density at radius 1 is 1.12 bits per heavy atom. The van der Waals surface area contributed by atoms with Gasteiger partial charge in [-0.15, -0.1) is 24.8 Å². The van der Waals surface area contributed by atoms with Crippen molar-refractivity contribution >= 4 is 24.8 Å².